The maximum atomic E-state index is 10.6. The van der Waals surface area contributed by atoms with Gasteiger partial charge in [0.25, 0.3) is 0 Å². The van der Waals surface area contributed by atoms with E-state index >= 15 is 0 Å². The number of carboxylic acids is 1. The van der Waals surface area contributed by atoms with Crippen LogP contribution in [0.4, 0.5) is 0 Å². The standard InChI is InChI=1S/C8H4BrNO2S/c9-6-2-1-4-3-5(8(11)12)13-7(4)10-6/h1-3H,(H,11,12). The molecule has 66 valence electrons. The van der Waals surface area contributed by atoms with E-state index in [-0.39, 0.29) is 0 Å². The van der Waals surface area contributed by atoms with Crippen LogP contribution in [-0.4, -0.2) is 16.1 Å². The van der Waals surface area contributed by atoms with Crippen molar-refractivity contribution in [1.82, 2.24) is 4.98 Å². The quantitative estimate of drug-likeness (QED) is 0.800. The lowest BCUT2D eigenvalue weighted by Gasteiger charge is -1.87. The molecule has 3 nitrogen and oxygen atoms in total. The van der Waals surface area contributed by atoms with E-state index in [1.807, 2.05) is 6.07 Å². The monoisotopic (exact) mass is 257 g/mol. The molecule has 0 aromatic carbocycles. The molecule has 0 unspecified atom stereocenters. The summed E-state index contributed by atoms with van der Waals surface area (Å²) in [4.78, 5) is 15.8. The zero-order valence-electron chi connectivity index (χ0n) is 6.32. The lowest BCUT2D eigenvalue weighted by molar-refractivity contribution is 0.0702. The normalized spacial score (nSPS) is 10.5. The molecule has 0 radical (unpaired) electrons. The Morgan fingerprint density at radius 2 is 2.31 bits per heavy atom. The van der Waals surface area contributed by atoms with Gasteiger partial charge >= 0.3 is 5.97 Å². The van der Waals surface area contributed by atoms with Crippen LogP contribution in [0.1, 0.15) is 9.67 Å². The molecule has 2 aromatic heterocycles. The summed E-state index contributed by atoms with van der Waals surface area (Å²) >= 11 is 4.41. The molecule has 5 heteroatoms. The average molecular weight is 258 g/mol. The number of nitrogens with zero attached hydrogens (tertiary/aromatic N) is 1. The van der Waals surface area contributed by atoms with E-state index in [0.29, 0.717) is 4.88 Å². The fourth-order valence-corrected chi connectivity index (χ4v) is 2.30. The molecule has 0 aliphatic heterocycles. The minimum Gasteiger partial charge on any atom is -0.477 e. The SMILES string of the molecule is O=C(O)c1cc2ccc(Br)nc2s1. The molecule has 0 saturated heterocycles. The summed E-state index contributed by atoms with van der Waals surface area (Å²) in [6.07, 6.45) is 0. The molecule has 2 rings (SSSR count). The van der Waals surface area contributed by atoms with Crippen LogP contribution >= 0.6 is 27.3 Å². The summed E-state index contributed by atoms with van der Waals surface area (Å²) in [5.41, 5.74) is 0. The number of pyridine rings is 1. The van der Waals surface area contributed by atoms with Crippen molar-refractivity contribution >= 4 is 43.5 Å². The third-order valence-electron chi connectivity index (χ3n) is 1.56. The Labute approximate surface area is 86.2 Å². The first kappa shape index (κ1) is 8.65. The lowest BCUT2D eigenvalue weighted by atomic mass is 10.3. The minimum absolute atomic E-state index is 0.320. The van der Waals surface area contributed by atoms with Gasteiger partial charge in [0.2, 0.25) is 0 Å². The van der Waals surface area contributed by atoms with Gasteiger partial charge in [0.1, 0.15) is 14.3 Å². The largest absolute Gasteiger partial charge is 0.477 e. The molecule has 0 fully saturated rings. The number of hydrogen-bond acceptors (Lipinski definition) is 3. The second-order valence-electron chi connectivity index (χ2n) is 2.44. The Hall–Kier alpha value is -0.940. The highest BCUT2D eigenvalue weighted by Crippen LogP contribution is 2.25. The van der Waals surface area contributed by atoms with E-state index in [1.165, 1.54) is 11.3 Å². The Morgan fingerprint density at radius 3 is 3.00 bits per heavy atom. The van der Waals surface area contributed by atoms with Crippen LogP contribution in [0.3, 0.4) is 0 Å². The highest BCUT2D eigenvalue weighted by atomic mass is 79.9. The van der Waals surface area contributed by atoms with Gasteiger partial charge in [-0.1, -0.05) is 0 Å². The number of rotatable bonds is 1. The smallest absolute Gasteiger partial charge is 0.345 e. The van der Waals surface area contributed by atoms with Gasteiger partial charge in [-0.05, 0) is 34.1 Å². The predicted molar refractivity (Wildman–Crippen MR) is 54.3 cm³/mol. The van der Waals surface area contributed by atoms with Crippen molar-refractivity contribution in [2.75, 3.05) is 0 Å². The van der Waals surface area contributed by atoms with Gasteiger partial charge in [0.05, 0.1) is 0 Å². The van der Waals surface area contributed by atoms with Gasteiger partial charge in [-0.2, -0.15) is 0 Å². The zero-order valence-corrected chi connectivity index (χ0v) is 8.72. The van der Waals surface area contributed by atoms with Crippen LogP contribution < -0.4 is 0 Å². The first-order valence-corrected chi connectivity index (χ1v) is 5.07. The van der Waals surface area contributed by atoms with Crippen molar-refractivity contribution in [1.29, 1.82) is 0 Å². The summed E-state index contributed by atoms with van der Waals surface area (Å²) in [5.74, 6) is -0.904. The van der Waals surface area contributed by atoms with Gasteiger partial charge in [-0.25, -0.2) is 9.78 Å². The molecule has 0 aliphatic carbocycles. The summed E-state index contributed by atoms with van der Waals surface area (Å²) in [6, 6.07) is 5.26. The van der Waals surface area contributed by atoms with Crippen LogP contribution in [0.25, 0.3) is 10.2 Å². The molecule has 0 amide bonds. The zero-order chi connectivity index (χ0) is 9.42. The van der Waals surface area contributed by atoms with Gasteiger partial charge in [0.15, 0.2) is 0 Å². The summed E-state index contributed by atoms with van der Waals surface area (Å²) < 4.78 is 0.721. The Balaban J connectivity index is 2.68. The molecular weight excluding hydrogens is 254 g/mol. The van der Waals surface area contributed by atoms with E-state index in [4.69, 9.17) is 5.11 Å². The number of halogens is 1. The lowest BCUT2D eigenvalue weighted by Crippen LogP contribution is -1.89. The number of aromatic nitrogens is 1. The van der Waals surface area contributed by atoms with Gasteiger partial charge in [-0.3, -0.25) is 0 Å². The first-order valence-electron chi connectivity index (χ1n) is 3.46. The van der Waals surface area contributed by atoms with E-state index in [2.05, 4.69) is 20.9 Å². The number of carbonyl (C=O) groups is 1. The number of aromatic carboxylic acids is 1. The molecule has 1 N–H and O–H groups in total. The van der Waals surface area contributed by atoms with Gasteiger partial charge in [0, 0.05) is 5.39 Å². The maximum absolute atomic E-state index is 10.6. The van der Waals surface area contributed by atoms with Crippen molar-refractivity contribution in [3.05, 3.63) is 27.7 Å². The first-order chi connectivity index (χ1) is 6.16. The minimum atomic E-state index is -0.904. The highest BCUT2D eigenvalue weighted by molar-refractivity contribution is 9.10. The van der Waals surface area contributed by atoms with Crippen molar-refractivity contribution in [2.24, 2.45) is 0 Å². The van der Waals surface area contributed by atoms with Gasteiger partial charge < -0.3 is 5.11 Å². The molecule has 2 heterocycles. The number of thiophene rings is 1. The van der Waals surface area contributed by atoms with Crippen LogP contribution in [0.15, 0.2) is 22.8 Å². The number of fused-ring (bicyclic) bond motifs is 1. The molecule has 0 spiro atoms. The summed E-state index contributed by atoms with van der Waals surface area (Å²) in [7, 11) is 0. The second-order valence-corrected chi connectivity index (χ2v) is 4.29. The molecule has 0 atom stereocenters. The fraction of sp³-hybridized carbons (Fsp3) is 0. The van der Waals surface area contributed by atoms with Crippen LogP contribution in [0, 0.1) is 0 Å². The number of hydrogen-bond donors (Lipinski definition) is 1. The average Bonchev–Trinajstić information content (AvgIpc) is 2.46. The van der Waals surface area contributed by atoms with Crippen molar-refractivity contribution in [3.8, 4) is 0 Å². The van der Waals surface area contributed by atoms with Gasteiger partial charge in [-0.15, -0.1) is 11.3 Å². The van der Waals surface area contributed by atoms with E-state index in [9.17, 15) is 4.79 Å². The third kappa shape index (κ3) is 1.57. The topological polar surface area (TPSA) is 50.2 Å². The third-order valence-corrected chi connectivity index (χ3v) is 3.03. The van der Waals surface area contributed by atoms with E-state index in [1.54, 1.807) is 12.1 Å². The summed E-state index contributed by atoms with van der Waals surface area (Å²) in [5, 5.41) is 9.59. The Kier molecular flexibility index (Phi) is 2.05. The molecule has 0 bridgehead atoms. The Morgan fingerprint density at radius 1 is 1.54 bits per heavy atom. The van der Waals surface area contributed by atoms with E-state index < -0.39 is 5.97 Å². The number of carboxylic acid groups (broad SMARTS) is 1. The van der Waals surface area contributed by atoms with Crippen molar-refractivity contribution in [3.63, 3.8) is 0 Å². The van der Waals surface area contributed by atoms with Crippen molar-refractivity contribution in [2.45, 2.75) is 0 Å². The Bertz CT molecular complexity index is 480. The molecule has 0 aliphatic rings. The molecule has 13 heavy (non-hydrogen) atoms. The molecule has 0 saturated carbocycles. The fourth-order valence-electron chi connectivity index (χ4n) is 1.00. The summed E-state index contributed by atoms with van der Waals surface area (Å²) in [6.45, 7) is 0. The predicted octanol–water partition coefficient (Wildman–Crippen LogP) is 2.76. The van der Waals surface area contributed by atoms with Crippen LogP contribution in [-0.2, 0) is 0 Å². The molecule has 2 aromatic rings. The maximum Gasteiger partial charge on any atom is 0.345 e. The van der Waals surface area contributed by atoms with E-state index in [0.717, 1.165) is 14.8 Å². The second kappa shape index (κ2) is 3.08. The van der Waals surface area contributed by atoms with Crippen molar-refractivity contribution < 1.29 is 9.90 Å². The van der Waals surface area contributed by atoms with Crippen LogP contribution in [0.5, 0.6) is 0 Å². The molecular formula is C8H4BrNO2S. The van der Waals surface area contributed by atoms with Crippen LogP contribution in [0.2, 0.25) is 0 Å². The highest BCUT2D eigenvalue weighted by Gasteiger charge is 2.08.